The predicted octanol–water partition coefficient (Wildman–Crippen LogP) is 0.855. The summed E-state index contributed by atoms with van der Waals surface area (Å²) in [6.45, 7) is 12.0. The Balaban J connectivity index is 2.42. The molecular formula is C14H29N3O2. The summed E-state index contributed by atoms with van der Waals surface area (Å²) in [4.78, 5) is 16.0. The van der Waals surface area contributed by atoms with Gasteiger partial charge in [-0.25, -0.2) is 0 Å². The van der Waals surface area contributed by atoms with Crippen molar-refractivity contribution in [1.29, 1.82) is 0 Å². The summed E-state index contributed by atoms with van der Waals surface area (Å²) in [5.74, 6) is -0.736. The monoisotopic (exact) mass is 271 g/mol. The van der Waals surface area contributed by atoms with Gasteiger partial charge in [-0.15, -0.1) is 0 Å². The summed E-state index contributed by atoms with van der Waals surface area (Å²) in [6, 6.07) is 0.158. The second kappa shape index (κ2) is 8.51. The molecule has 1 fully saturated rings. The molecule has 1 aliphatic rings. The van der Waals surface area contributed by atoms with Gasteiger partial charge in [0.2, 0.25) is 0 Å². The number of rotatable bonds is 9. The first kappa shape index (κ1) is 16.4. The molecule has 0 spiro atoms. The molecule has 19 heavy (non-hydrogen) atoms. The number of hydrogen-bond acceptors (Lipinski definition) is 4. The fraction of sp³-hybridized carbons (Fsp3) is 0.929. The predicted molar refractivity (Wildman–Crippen MR) is 77.5 cm³/mol. The third kappa shape index (κ3) is 5.09. The molecule has 0 aliphatic carbocycles. The van der Waals surface area contributed by atoms with Crippen LogP contribution in [-0.2, 0) is 4.79 Å². The molecule has 0 amide bonds. The normalized spacial score (nSPS) is 22.0. The summed E-state index contributed by atoms with van der Waals surface area (Å²) >= 11 is 0. The molecule has 1 aliphatic heterocycles. The van der Waals surface area contributed by atoms with Crippen LogP contribution in [0.2, 0.25) is 0 Å². The van der Waals surface area contributed by atoms with Gasteiger partial charge < -0.3 is 10.4 Å². The molecule has 112 valence electrons. The van der Waals surface area contributed by atoms with Crippen LogP contribution in [0.25, 0.3) is 0 Å². The number of likely N-dealkylation sites (N-methyl/N-ethyl adjacent to an activating group) is 1. The van der Waals surface area contributed by atoms with Gasteiger partial charge in [-0.1, -0.05) is 20.8 Å². The highest BCUT2D eigenvalue weighted by molar-refractivity contribution is 5.73. The summed E-state index contributed by atoms with van der Waals surface area (Å²) in [6.07, 6.45) is 2.12. The Morgan fingerprint density at radius 2 is 2.11 bits per heavy atom. The molecule has 2 N–H and O–H groups in total. The quantitative estimate of drug-likeness (QED) is 0.651. The minimum atomic E-state index is -0.736. The van der Waals surface area contributed by atoms with Gasteiger partial charge >= 0.3 is 5.97 Å². The number of aliphatic carboxylic acids is 1. The molecule has 0 aromatic carbocycles. The maximum absolute atomic E-state index is 11.2. The van der Waals surface area contributed by atoms with Crippen molar-refractivity contribution >= 4 is 5.97 Å². The van der Waals surface area contributed by atoms with Gasteiger partial charge in [0, 0.05) is 19.1 Å². The van der Waals surface area contributed by atoms with Crippen LogP contribution in [0.1, 0.15) is 33.6 Å². The van der Waals surface area contributed by atoms with Crippen LogP contribution in [0.15, 0.2) is 0 Å². The molecule has 0 radical (unpaired) electrons. The molecule has 0 aromatic heterocycles. The standard InChI is InChI=1S/C14H29N3O2/c1-4-8-15-13(14(18)19)11-16-9-7-12(10-16)17(5-2)6-3/h12-13,15H,4-11H2,1-3H3,(H,18,19). The van der Waals surface area contributed by atoms with Crippen LogP contribution in [-0.4, -0.2) is 72.2 Å². The molecule has 2 unspecified atom stereocenters. The lowest BCUT2D eigenvalue weighted by molar-refractivity contribution is -0.139. The van der Waals surface area contributed by atoms with E-state index in [0.29, 0.717) is 12.6 Å². The van der Waals surface area contributed by atoms with Crippen LogP contribution in [0.3, 0.4) is 0 Å². The van der Waals surface area contributed by atoms with Crippen molar-refractivity contribution in [3.05, 3.63) is 0 Å². The van der Waals surface area contributed by atoms with Crippen molar-refractivity contribution in [2.24, 2.45) is 0 Å². The van der Waals surface area contributed by atoms with Crippen LogP contribution in [0.5, 0.6) is 0 Å². The highest BCUT2D eigenvalue weighted by atomic mass is 16.4. The van der Waals surface area contributed by atoms with Gasteiger partial charge in [-0.3, -0.25) is 14.6 Å². The zero-order valence-electron chi connectivity index (χ0n) is 12.6. The van der Waals surface area contributed by atoms with Gasteiger partial charge in [0.05, 0.1) is 0 Å². The highest BCUT2D eigenvalue weighted by Gasteiger charge is 2.29. The van der Waals surface area contributed by atoms with E-state index in [0.717, 1.165) is 45.6 Å². The Labute approximate surface area is 117 Å². The van der Waals surface area contributed by atoms with Crippen molar-refractivity contribution in [2.45, 2.75) is 45.7 Å². The maximum atomic E-state index is 11.2. The fourth-order valence-electron chi connectivity index (χ4n) is 2.82. The van der Waals surface area contributed by atoms with E-state index in [1.54, 1.807) is 0 Å². The maximum Gasteiger partial charge on any atom is 0.322 e. The van der Waals surface area contributed by atoms with Crippen LogP contribution >= 0.6 is 0 Å². The number of carboxylic acid groups (broad SMARTS) is 1. The number of nitrogens with zero attached hydrogens (tertiary/aromatic N) is 2. The van der Waals surface area contributed by atoms with Crippen LogP contribution in [0.4, 0.5) is 0 Å². The Hall–Kier alpha value is -0.650. The Morgan fingerprint density at radius 1 is 1.42 bits per heavy atom. The van der Waals surface area contributed by atoms with E-state index in [2.05, 4.69) is 35.9 Å². The third-order valence-electron chi connectivity index (χ3n) is 3.96. The van der Waals surface area contributed by atoms with E-state index in [1.807, 2.05) is 0 Å². The highest BCUT2D eigenvalue weighted by Crippen LogP contribution is 2.15. The second-order valence-corrected chi connectivity index (χ2v) is 5.27. The van der Waals surface area contributed by atoms with Crippen molar-refractivity contribution in [2.75, 3.05) is 39.3 Å². The molecule has 0 aromatic rings. The van der Waals surface area contributed by atoms with E-state index >= 15 is 0 Å². The molecule has 1 saturated heterocycles. The van der Waals surface area contributed by atoms with Gasteiger partial charge in [-0.05, 0) is 39.0 Å². The lowest BCUT2D eigenvalue weighted by atomic mass is 10.2. The minimum absolute atomic E-state index is 0.435. The zero-order valence-corrected chi connectivity index (χ0v) is 12.6. The van der Waals surface area contributed by atoms with Crippen LogP contribution < -0.4 is 5.32 Å². The molecule has 5 heteroatoms. The van der Waals surface area contributed by atoms with E-state index in [-0.39, 0.29) is 0 Å². The summed E-state index contributed by atoms with van der Waals surface area (Å²) in [7, 11) is 0. The first-order valence-electron chi connectivity index (χ1n) is 7.54. The lowest BCUT2D eigenvalue weighted by Gasteiger charge is -2.27. The van der Waals surface area contributed by atoms with E-state index in [9.17, 15) is 9.90 Å². The van der Waals surface area contributed by atoms with Gasteiger partial charge in [0.1, 0.15) is 6.04 Å². The zero-order chi connectivity index (χ0) is 14.3. The Morgan fingerprint density at radius 3 is 2.63 bits per heavy atom. The van der Waals surface area contributed by atoms with Crippen molar-refractivity contribution in [1.82, 2.24) is 15.1 Å². The molecule has 0 bridgehead atoms. The van der Waals surface area contributed by atoms with Crippen molar-refractivity contribution in [3.8, 4) is 0 Å². The lowest BCUT2D eigenvalue weighted by Crippen LogP contribution is -2.46. The summed E-state index contributed by atoms with van der Waals surface area (Å²) < 4.78 is 0. The number of carboxylic acids is 1. The van der Waals surface area contributed by atoms with Gasteiger partial charge in [0.15, 0.2) is 0 Å². The molecule has 1 heterocycles. The molecule has 5 nitrogen and oxygen atoms in total. The summed E-state index contributed by atoms with van der Waals surface area (Å²) in [5.41, 5.74) is 0. The number of nitrogens with one attached hydrogen (secondary N) is 1. The molecular weight excluding hydrogens is 242 g/mol. The molecule has 1 rings (SSSR count). The average molecular weight is 271 g/mol. The van der Waals surface area contributed by atoms with Crippen LogP contribution in [0, 0.1) is 0 Å². The van der Waals surface area contributed by atoms with Gasteiger partial charge in [-0.2, -0.15) is 0 Å². The Bertz CT molecular complexity index is 269. The SMILES string of the molecule is CCCNC(CN1CCC(N(CC)CC)C1)C(=O)O. The fourth-order valence-corrected chi connectivity index (χ4v) is 2.82. The first-order valence-corrected chi connectivity index (χ1v) is 7.54. The molecule has 2 atom stereocenters. The van der Waals surface area contributed by atoms with E-state index in [4.69, 9.17) is 0 Å². The van der Waals surface area contributed by atoms with E-state index < -0.39 is 12.0 Å². The molecule has 0 saturated carbocycles. The first-order chi connectivity index (χ1) is 9.12. The third-order valence-corrected chi connectivity index (χ3v) is 3.96. The Kier molecular flexibility index (Phi) is 7.34. The minimum Gasteiger partial charge on any atom is -0.480 e. The smallest absolute Gasteiger partial charge is 0.322 e. The summed E-state index contributed by atoms with van der Waals surface area (Å²) in [5, 5.41) is 12.3. The van der Waals surface area contributed by atoms with E-state index in [1.165, 1.54) is 0 Å². The second-order valence-electron chi connectivity index (χ2n) is 5.27. The average Bonchev–Trinajstić information content (AvgIpc) is 2.84. The largest absolute Gasteiger partial charge is 0.480 e. The number of carbonyl (C=O) groups is 1. The van der Waals surface area contributed by atoms with Crippen molar-refractivity contribution in [3.63, 3.8) is 0 Å². The topological polar surface area (TPSA) is 55.8 Å². The van der Waals surface area contributed by atoms with Crippen molar-refractivity contribution < 1.29 is 9.90 Å². The number of likely N-dealkylation sites (tertiary alicyclic amines) is 1. The van der Waals surface area contributed by atoms with Gasteiger partial charge in [0.25, 0.3) is 0 Å². The number of hydrogen-bond donors (Lipinski definition) is 2.